The van der Waals surface area contributed by atoms with Gasteiger partial charge in [0.2, 0.25) is 0 Å². The van der Waals surface area contributed by atoms with Crippen molar-refractivity contribution in [1.82, 2.24) is 0 Å². The van der Waals surface area contributed by atoms with Gasteiger partial charge < -0.3 is 14.4 Å². The van der Waals surface area contributed by atoms with Gasteiger partial charge in [0.1, 0.15) is 12.0 Å². The molecule has 0 atom stereocenters. The molecule has 0 aromatic heterocycles. The number of nitrogens with zero attached hydrogens (tertiary/aromatic N) is 1. The Morgan fingerprint density at radius 2 is 1.81 bits per heavy atom. The van der Waals surface area contributed by atoms with E-state index in [0.29, 0.717) is 38.2 Å². The van der Waals surface area contributed by atoms with E-state index in [1.165, 1.54) is 6.07 Å². The van der Waals surface area contributed by atoms with Crippen LogP contribution in [0.5, 0.6) is 5.75 Å². The number of carbonyl (C=O) groups excluding carboxylic acids is 2. The Kier molecular flexibility index (Phi) is 9.11. The zero-order chi connectivity index (χ0) is 23.7. The van der Waals surface area contributed by atoms with Crippen molar-refractivity contribution in [2.24, 2.45) is 5.92 Å². The van der Waals surface area contributed by atoms with Crippen molar-refractivity contribution in [2.45, 2.75) is 39.4 Å². The molecule has 0 saturated heterocycles. The second-order valence-electron chi connectivity index (χ2n) is 7.88. The van der Waals surface area contributed by atoms with Crippen LogP contribution in [0.4, 0.5) is 18.9 Å². The highest BCUT2D eigenvalue weighted by atomic mass is 19.4. The smallest absolute Gasteiger partial charge is 0.416 e. The molecule has 2 aromatic rings. The van der Waals surface area contributed by atoms with Gasteiger partial charge in [-0.3, -0.25) is 9.59 Å². The van der Waals surface area contributed by atoms with Crippen LogP contribution < -0.4 is 9.64 Å². The maximum atomic E-state index is 13.4. The summed E-state index contributed by atoms with van der Waals surface area (Å²) < 4.78 is 50.4. The van der Waals surface area contributed by atoms with E-state index in [4.69, 9.17) is 9.47 Å². The minimum Gasteiger partial charge on any atom is -0.497 e. The fourth-order valence-corrected chi connectivity index (χ4v) is 3.05. The number of esters is 1. The lowest BCUT2D eigenvalue weighted by Gasteiger charge is -2.26. The standard InChI is InChI=1S/C24H28F3NO4/c1-17(2)16-32-23(30)5-4-10-28(14-18-6-8-22(31-3)9-7-18)21-12-19(15-29)11-20(13-21)24(25,26)27/h6-9,11-13,15,17H,4-5,10,14,16H2,1-3H3. The first-order valence-electron chi connectivity index (χ1n) is 10.3. The Balaban J connectivity index is 2.24. The molecule has 0 bridgehead atoms. The molecule has 8 heteroatoms. The quantitative estimate of drug-likeness (QED) is 0.333. The molecule has 0 N–H and O–H groups in total. The van der Waals surface area contributed by atoms with Crippen molar-refractivity contribution in [3.05, 3.63) is 59.2 Å². The molecule has 174 valence electrons. The third kappa shape index (κ3) is 7.90. The Hall–Kier alpha value is -3.03. The van der Waals surface area contributed by atoms with Gasteiger partial charge in [-0.25, -0.2) is 0 Å². The largest absolute Gasteiger partial charge is 0.497 e. The normalized spacial score (nSPS) is 11.3. The van der Waals surface area contributed by atoms with Gasteiger partial charge in [-0.2, -0.15) is 13.2 Å². The van der Waals surface area contributed by atoms with Gasteiger partial charge >= 0.3 is 12.1 Å². The SMILES string of the molecule is COc1ccc(CN(CCCC(=O)OCC(C)C)c2cc(C=O)cc(C(F)(F)F)c2)cc1. The Morgan fingerprint density at radius 3 is 2.38 bits per heavy atom. The predicted octanol–water partition coefficient (Wildman–Crippen LogP) is 5.51. The monoisotopic (exact) mass is 451 g/mol. The lowest BCUT2D eigenvalue weighted by Crippen LogP contribution is -2.25. The van der Waals surface area contributed by atoms with Gasteiger partial charge in [0.05, 0.1) is 19.3 Å². The highest BCUT2D eigenvalue weighted by Crippen LogP contribution is 2.33. The number of anilines is 1. The minimum absolute atomic E-state index is 0.0640. The summed E-state index contributed by atoms with van der Waals surface area (Å²) in [4.78, 5) is 24.9. The van der Waals surface area contributed by atoms with Gasteiger partial charge in [-0.15, -0.1) is 0 Å². The molecule has 0 radical (unpaired) electrons. The van der Waals surface area contributed by atoms with Crippen LogP contribution in [0, 0.1) is 5.92 Å². The zero-order valence-corrected chi connectivity index (χ0v) is 18.4. The lowest BCUT2D eigenvalue weighted by atomic mass is 10.1. The first kappa shape index (κ1) is 25.2. The second kappa shape index (κ2) is 11.5. The molecule has 0 unspecified atom stereocenters. The molecular formula is C24H28F3NO4. The number of hydrogen-bond donors (Lipinski definition) is 0. The molecule has 5 nitrogen and oxygen atoms in total. The van der Waals surface area contributed by atoms with Gasteiger partial charge in [0.25, 0.3) is 0 Å². The topological polar surface area (TPSA) is 55.8 Å². The lowest BCUT2D eigenvalue weighted by molar-refractivity contribution is -0.144. The third-order valence-corrected chi connectivity index (χ3v) is 4.69. The van der Waals surface area contributed by atoms with Crippen molar-refractivity contribution in [2.75, 3.05) is 25.2 Å². The number of hydrogen-bond acceptors (Lipinski definition) is 5. The number of aldehydes is 1. The minimum atomic E-state index is -4.58. The van der Waals surface area contributed by atoms with Gasteiger partial charge in [-0.1, -0.05) is 26.0 Å². The molecule has 0 spiro atoms. The highest BCUT2D eigenvalue weighted by Gasteiger charge is 2.31. The average molecular weight is 451 g/mol. The van der Waals surface area contributed by atoms with Crippen LogP contribution in [0.2, 0.25) is 0 Å². The van der Waals surface area contributed by atoms with Crippen LogP contribution in [0.1, 0.15) is 48.2 Å². The van der Waals surface area contributed by atoms with Crippen molar-refractivity contribution in [3.8, 4) is 5.75 Å². The molecular weight excluding hydrogens is 423 g/mol. The third-order valence-electron chi connectivity index (χ3n) is 4.69. The number of rotatable bonds is 11. The number of ether oxygens (including phenoxy) is 2. The molecule has 0 heterocycles. The first-order valence-corrected chi connectivity index (χ1v) is 10.3. The molecule has 32 heavy (non-hydrogen) atoms. The highest BCUT2D eigenvalue weighted by molar-refractivity contribution is 5.78. The number of halogens is 3. The summed E-state index contributed by atoms with van der Waals surface area (Å²) in [6.45, 7) is 4.79. The van der Waals surface area contributed by atoms with Crippen LogP contribution >= 0.6 is 0 Å². The van der Waals surface area contributed by atoms with Crippen LogP contribution in [0.25, 0.3) is 0 Å². The van der Waals surface area contributed by atoms with Gasteiger partial charge in [0, 0.05) is 30.8 Å². The fraction of sp³-hybridized carbons (Fsp3) is 0.417. The predicted molar refractivity (Wildman–Crippen MR) is 116 cm³/mol. The molecule has 0 amide bonds. The number of benzene rings is 2. The van der Waals surface area contributed by atoms with Gasteiger partial charge in [0.15, 0.2) is 0 Å². The Bertz CT molecular complexity index is 895. The van der Waals surface area contributed by atoms with Crippen LogP contribution in [0.15, 0.2) is 42.5 Å². The fourth-order valence-electron chi connectivity index (χ4n) is 3.05. The van der Waals surface area contributed by atoms with E-state index in [9.17, 15) is 22.8 Å². The van der Waals surface area contributed by atoms with E-state index in [2.05, 4.69) is 0 Å². The summed E-state index contributed by atoms with van der Waals surface area (Å²) in [7, 11) is 1.54. The summed E-state index contributed by atoms with van der Waals surface area (Å²) in [6, 6.07) is 10.4. The summed E-state index contributed by atoms with van der Waals surface area (Å²) in [5.41, 5.74) is 0.144. The second-order valence-corrected chi connectivity index (χ2v) is 7.88. The molecule has 2 aromatic carbocycles. The number of carbonyl (C=O) groups is 2. The molecule has 0 aliphatic rings. The molecule has 0 aliphatic carbocycles. The Morgan fingerprint density at radius 1 is 1.12 bits per heavy atom. The van der Waals surface area contributed by atoms with E-state index in [1.54, 1.807) is 24.1 Å². The molecule has 0 fully saturated rings. The summed E-state index contributed by atoms with van der Waals surface area (Å²) in [5, 5.41) is 0. The number of alkyl halides is 3. The summed E-state index contributed by atoms with van der Waals surface area (Å²) >= 11 is 0. The molecule has 2 rings (SSSR count). The van der Waals surface area contributed by atoms with Gasteiger partial charge in [-0.05, 0) is 48.2 Å². The Labute approximate surface area is 186 Å². The maximum absolute atomic E-state index is 13.4. The number of methoxy groups -OCH3 is 1. The van der Waals surface area contributed by atoms with E-state index in [-0.39, 0.29) is 29.6 Å². The van der Waals surface area contributed by atoms with E-state index >= 15 is 0 Å². The summed E-state index contributed by atoms with van der Waals surface area (Å²) in [5.74, 6) is 0.536. The average Bonchev–Trinajstić information content (AvgIpc) is 2.76. The van der Waals surface area contributed by atoms with E-state index in [0.717, 1.165) is 17.7 Å². The van der Waals surface area contributed by atoms with Crippen LogP contribution in [-0.4, -0.2) is 32.5 Å². The van der Waals surface area contributed by atoms with Crippen LogP contribution in [0.3, 0.4) is 0 Å². The maximum Gasteiger partial charge on any atom is 0.416 e. The first-order chi connectivity index (χ1) is 15.1. The zero-order valence-electron chi connectivity index (χ0n) is 18.4. The van der Waals surface area contributed by atoms with Crippen molar-refractivity contribution in [3.63, 3.8) is 0 Å². The van der Waals surface area contributed by atoms with Crippen molar-refractivity contribution >= 4 is 17.9 Å². The molecule has 0 aliphatic heterocycles. The van der Waals surface area contributed by atoms with Crippen molar-refractivity contribution in [1.29, 1.82) is 0 Å². The van der Waals surface area contributed by atoms with Crippen LogP contribution in [-0.2, 0) is 22.3 Å². The van der Waals surface area contributed by atoms with Crippen molar-refractivity contribution < 1.29 is 32.2 Å². The summed E-state index contributed by atoms with van der Waals surface area (Å²) in [6.07, 6.45) is -3.65. The van der Waals surface area contributed by atoms with E-state index in [1.807, 2.05) is 26.0 Å². The van der Waals surface area contributed by atoms with E-state index < -0.39 is 11.7 Å². The molecule has 0 saturated carbocycles.